The molecule has 4 heterocycles. The van der Waals surface area contributed by atoms with Gasteiger partial charge in [-0.05, 0) is 20.9 Å². The van der Waals surface area contributed by atoms with Gasteiger partial charge in [0, 0.05) is 11.4 Å². The van der Waals surface area contributed by atoms with Gasteiger partial charge in [0.2, 0.25) is 0 Å². The van der Waals surface area contributed by atoms with Crippen molar-refractivity contribution >= 4 is 0 Å². The molecule has 0 saturated heterocycles. The molecule has 4 aromatic rings. The molecular formula is C8H12N12O2Zn+2. The molecule has 0 radical (unpaired) electrons. The van der Waals surface area contributed by atoms with E-state index in [2.05, 4.69) is 61.2 Å². The van der Waals surface area contributed by atoms with Crippen LogP contribution in [0.1, 0.15) is 0 Å². The Morgan fingerprint density at radius 2 is 1.17 bits per heavy atom. The van der Waals surface area contributed by atoms with E-state index >= 15 is 0 Å². The summed E-state index contributed by atoms with van der Waals surface area (Å²) >= 11 is 0. The van der Waals surface area contributed by atoms with Crippen LogP contribution >= 0.6 is 0 Å². The van der Waals surface area contributed by atoms with E-state index in [4.69, 9.17) is 0 Å². The van der Waals surface area contributed by atoms with Crippen LogP contribution in [0.2, 0.25) is 0 Å². The first kappa shape index (κ1) is 20.1. The van der Waals surface area contributed by atoms with Gasteiger partial charge < -0.3 is 30.9 Å². The molecule has 23 heavy (non-hydrogen) atoms. The van der Waals surface area contributed by atoms with Crippen molar-refractivity contribution in [1.29, 1.82) is 0 Å². The van der Waals surface area contributed by atoms with Crippen molar-refractivity contribution in [2.45, 2.75) is 0 Å². The molecule has 0 saturated carbocycles. The van der Waals surface area contributed by atoms with Crippen LogP contribution in [0.3, 0.4) is 0 Å². The van der Waals surface area contributed by atoms with Gasteiger partial charge in [0.15, 0.2) is 11.6 Å². The van der Waals surface area contributed by atoms with E-state index < -0.39 is 0 Å². The van der Waals surface area contributed by atoms with Crippen molar-refractivity contribution in [2.75, 3.05) is 0 Å². The van der Waals surface area contributed by atoms with Crippen LogP contribution < -0.4 is 9.97 Å². The van der Waals surface area contributed by atoms with Gasteiger partial charge in [0.05, 0.1) is 0 Å². The zero-order valence-corrected chi connectivity index (χ0v) is 14.6. The molecule has 0 aromatic carbocycles. The molecule has 4 rings (SSSR count). The van der Waals surface area contributed by atoms with Crippen molar-refractivity contribution in [1.82, 2.24) is 61.2 Å². The van der Waals surface area contributed by atoms with E-state index in [1.165, 1.54) is 12.7 Å². The van der Waals surface area contributed by atoms with Crippen LogP contribution in [0, 0.1) is 0 Å². The van der Waals surface area contributed by atoms with Crippen LogP contribution in [0.15, 0.2) is 25.0 Å². The molecule has 0 aliphatic heterocycles. The molecule has 116 valence electrons. The number of aromatic amines is 2. The first-order valence-corrected chi connectivity index (χ1v) is 5.27. The Balaban J connectivity index is 0.000000372. The number of nitrogens with zero attached hydrogens (tertiary/aromatic N) is 10. The summed E-state index contributed by atoms with van der Waals surface area (Å²) in [5.41, 5.74) is 1.31. The van der Waals surface area contributed by atoms with Crippen LogP contribution in [-0.4, -0.2) is 51.2 Å². The molecule has 0 aliphatic rings. The Hall–Kier alpha value is -2.90. The van der Waals surface area contributed by atoms with E-state index in [0.717, 1.165) is 0 Å². The van der Waals surface area contributed by atoms with Gasteiger partial charge in [-0.25, -0.2) is 10.2 Å². The standard InChI is InChI=1S/2C4H3N6.2H2O.Zn/c2*1-3(6-2-5-1)4-7-9-10-8-4;;;/h2*1-2H,(H-,5,6,7,8,9,10);2*1H2;/q2*-1;;;+2/p+2. The topological polar surface area (TPSA) is 229 Å². The summed E-state index contributed by atoms with van der Waals surface area (Å²) in [5.74, 6) is 1.08. The van der Waals surface area contributed by atoms with E-state index in [9.17, 15) is 0 Å². The molecule has 0 bridgehead atoms. The predicted octanol–water partition coefficient (Wildman–Crippen LogP) is -3.41. The number of hydrogen-bond donors (Lipinski definition) is 2. The van der Waals surface area contributed by atoms with E-state index in [1.807, 2.05) is 0 Å². The molecule has 15 heteroatoms. The number of H-pyrrole nitrogens is 2. The van der Waals surface area contributed by atoms with E-state index in [1.54, 1.807) is 12.4 Å². The van der Waals surface area contributed by atoms with Gasteiger partial charge in [-0.1, -0.05) is 25.0 Å². The summed E-state index contributed by atoms with van der Waals surface area (Å²) in [6.45, 7) is 0. The zero-order chi connectivity index (χ0) is 13.6. The van der Waals surface area contributed by atoms with Gasteiger partial charge in [-0.15, -0.1) is 10.2 Å². The van der Waals surface area contributed by atoms with Crippen molar-refractivity contribution in [3.63, 3.8) is 0 Å². The number of aromatic nitrogens is 12. The second-order valence-electron chi connectivity index (χ2n) is 3.32. The second-order valence-corrected chi connectivity index (χ2v) is 3.32. The Kier molecular flexibility index (Phi) is 8.68. The third kappa shape index (κ3) is 5.10. The van der Waals surface area contributed by atoms with Gasteiger partial charge in [-0.2, -0.15) is 0 Å². The fourth-order valence-corrected chi connectivity index (χ4v) is 1.25. The fraction of sp³-hybridized carbons (Fsp3) is 0. The van der Waals surface area contributed by atoms with Gasteiger partial charge in [-0.3, -0.25) is 0 Å². The summed E-state index contributed by atoms with van der Waals surface area (Å²) in [5, 5.41) is 26.0. The van der Waals surface area contributed by atoms with E-state index in [-0.39, 0.29) is 30.4 Å². The molecule has 0 spiro atoms. The molecule has 0 fully saturated rings. The third-order valence-corrected chi connectivity index (χ3v) is 2.10. The van der Waals surface area contributed by atoms with Crippen LogP contribution in [-0.2, 0) is 30.4 Å². The summed E-state index contributed by atoms with van der Waals surface area (Å²) in [4.78, 5) is 15.3. The molecule has 0 amide bonds. The molecule has 4 aromatic heterocycles. The van der Waals surface area contributed by atoms with Crippen molar-refractivity contribution in [3.8, 4) is 23.0 Å². The predicted molar refractivity (Wildman–Crippen MR) is 71.2 cm³/mol. The molecular weight excluding hydrogens is 362 g/mol. The summed E-state index contributed by atoms with van der Waals surface area (Å²) in [6.07, 6.45) is 6.06. The first-order chi connectivity index (χ1) is 9.93. The maximum atomic E-state index is 3.87. The van der Waals surface area contributed by atoms with Gasteiger partial charge in [0.25, 0.3) is 0 Å². The minimum atomic E-state index is 0. The largest absolute Gasteiger partial charge is 2.00 e. The van der Waals surface area contributed by atoms with Gasteiger partial charge in [0.1, 0.15) is 0 Å². The normalized spacial score (nSPS) is 8.70. The number of rotatable bonds is 2. The number of tetrazole rings is 2. The summed E-state index contributed by atoms with van der Waals surface area (Å²) < 4.78 is 0. The van der Waals surface area contributed by atoms with Crippen LogP contribution in [0.4, 0.5) is 0 Å². The Morgan fingerprint density at radius 1 is 0.739 bits per heavy atom. The van der Waals surface area contributed by atoms with E-state index in [0.29, 0.717) is 23.0 Å². The Labute approximate surface area is 140 Å². The van der Waals surface area contributed by atoms with Crippen LogP contribution in [0.5, 0.6) is 0 Å². The maximum Gasteiger partial charge on any atom is 2.00 e. The minimum absolute atomic E-state index is 0. The quantitative estimate of drug-likeness (QED) is 0.261. The Morgan fingerprint density at radius 3 is 1.43 bits per heavy atom. The fourth-order valence-electron chi connectivity index (χ4n) is 1.25. The van der Waals surface area contributed by atoms with Crippen molar-refractivity contribution < 1.29 is 30.4 Å². The van der Waals surface area contributed by atoms with Gasteiger partial charge >= 0.3 is 19.5 Å². The number of nitrogens with one attached hydrogen (secondary N) is 2. The van der Waals surface area contributed by atoms with Crippen molar-refractivity contribution in [2.24, 2.45) is 0 Å². The van der Waals surface area contributed by atoms with Crippen LogP contribution in [0.25, 0.3) is 23.0 Å². The average Bonchev–Trinajstić information content (AvgIpc) is 3.29. The summed E-state index contributed by atoms with van der Waals surface area (Å²) in [7, 11) is 0. The molecule has 8 N–H and O–H groups in total. The molecule has 14 nitrogen and oxygen atoms in total. The minimum Gasteiger partial charge on any atom is -0.457 e. The van der Waals surface area contributed by atoms with Crippen molar-refractivity contribution in [3.05, 3.63) is 25.0 Å². The second kappa shape index (κ2) is 9.93. The third-order valence-electron chi connectivity index (χ3n) is 2.10. The smallest absolute Gasteiger partial charge is 0.457 e. The monoisotopic (exact) mass is 372 g/mol. The zero-order valence-electron chi connectivity index (χ0n) is 11.6. The first-order valence-electron chi connectivity index (χ1n) is 5.27. The SMILES string of the molecule is [OH3+].[OH3+].[Zn+2].c1nc(-c2nnn[nH]2)c[n-]1.c1nc(-c2nnn[nH]2)c[n-]1. The molecule has 0 unspecified atom stereocenters. The Bertz CT molecular complexity index is 578. The number of imidazole rings is 2. The summed E-state index contributed by atoms with van der Waals surface area (Å²) in [6, 6.07) is 0. The number of hydrogen-bond acceptors (Lipinski definition) is 8. The molecule has 0 atom stereocenters. The molecule has 0 aliphatic carbocycles. The average molecular weight is 374 g/mol. The maximum absolute atomic E-state index is 3.87.